The molecule has 4 heterocycles. The number of nitrogens with two attached hydrogens (primary N) is 1. The first-order chi connectivity index (χ1) is 24.9. The number of para-hydroxylation sites is 3. The molecule has 0 amide bonds. The number of furan rings is 1. The number of aromatic nitrogens is 4. The molecule has 0 fully saturated rings. The van der Waals surface area contributed by atoms with Gasteiger partial charge in [-0.05, 0) is 42.7 Å². The molecule has 3 unspecified atom stereocenters. The summed E-state index contributed by atoms with van der Waals surface area (Å²) in [5.74, 6) is 2.83. The highest BCUT2D eigenvalue weighted by Crippen LogP contribution is 2.55. The number of benzene rings is 5. The van der Waals surface area contributed by atoms with Crippen molar-refractivity contribution in [2.24, 2.45) is 0 Å². The Hall–Kier alpha value is -6.01. The van der Waals surface area contributed by atoms with E-state index >= 15 is 0 Å². The number of nitrogens with zero attached hydrogens (tertiary/aromatic N) is 4. The van der Waals surface area contributed by atoms with E-state index in [1.807, 2.05) is 18.2 Å². The van der Waals surface area contributed by atoms with Gasteiger partial charge in [-0.15, -0.1) is 0 Å². The van der Waals surface area contributed by atoms with Gasteiger partial charge < -0.3 is 10.2 Å². The molecule has 0 spiro atoms. The molecular weight excluding hydrogens is 627 g/mol. The van der Waals surface area contributed by atoms with Crippen molar-refractivity contribution in [2.75, 3.05) is 5.73 Å². The number of anilines is 1. The van der Waals surface area contributed by atoms with Crippen LogP contribution in [0.3, 0.4) is 0 Å². The maximum absolute atomic E-state index is 7.41. The van der Waals surface area contributed by atoms with E-state index in [4.69, 9.17) is 25.1 Å². The van der Waals surface area contributed by atoms with Crippen LogP contribution in [-0.2, 0) is 5.41 Å². The minimum Gasteiger partial charge on any atom is -0.453 e. The number of rotatable bonds is 2. The fraction of sp³-hybridized carbons (Fsp3) is 0.178. The molecule has 51 heavy (non-hydrogen) atoms. The molecule has 1 aliphatic heterocycles. The predicted octanol–water partition coefficient (Wildman–Crippen LogP) is 10.9. The zero-order chi connectivity index (χ0) is 34.6. The van der Waals surface area contributed by atoms with Crippen LogP contribution in [0.2, 0.25) is 0 Å². The van der Waals surface area contributed by atoms with Crippen LogP contribution in [-0.4, -0.2) is 19.5 Å². The highest BCUT2D eigenvalue weighted by Gasteiger charge is 2.46. The molecule has 8 aromatic rings. The van der Waals surface area contributed by atoms with Gasteiger partial charge in [0.2, 0.25) is 0 Å². The van der Waals surface area contributed by atoms with Crippen LogP contribution in [0, 0.1) is 0 Å². The molecular formula is C45H37N5O. The lowest BCUT2D eigenvalue weighted by Crippen LogP contribution is -2.36. The largest absolute Gasteiger partial charge is 0.453 e. The molecule has 0 saturated carbocycles. The molecule has 0 radical (unpaired) electrons. The maximum atomic E-state index is 7.41. The Morgan fingerprint density at radius 3 is 2.22 bits per heavy atom. The zero-order valence-electron chi connectivity index (χ0n) is 29.1. The maximum Gasteiger partial charge on any atom is 0.167 e. The summed E-state index contributed by atoms with van der Waals surface area (Å²) in [4.78, 5) is 16.0. The lowest BCUT2D eigenvalue weighted by molar-refractivity contribution is 0.537. The molecule has 8 bridgehead atoms. The smallest absolute Gasteiger partial charge is 0.167 e. The number of fused-ring (bicyclic) bond motifs is 14. The van der Waals surface area contributed by atoms with Gasteiger partial charge in [0, 0.05) is 39.1 Å². The monoisotopic (exact) mass is 663 g/mol. The molecule has 248 valence electrons. The number of hydrogen-bond acceptors (Lipinski definition) is 5. The molecule has 5 aromatic carbocycles. The highest BCUT2D eigenvalue weighted by molar-refractivity contribution is 6.11. The number of hydrogen-bond donors (Lipinski definition) is 1. The first-order valence-corrected chi connectivity index (χ1v) is 17.9. The Kier molecular flexibility index (Phi) is 6.29. The van der Waals surface area contributed by atoms with Gasteiger partial charge in [-0.1, -0.05) is 129 Å². The van der Waals surface area contributed by atoms with E-state index in [0.29, 0.717) is 11.6 Å². The Morgan fingerprint density at radius 2 is 1.39 bits per heavy atom. The van der Waals surface area contributed by atoms with Crippen molar-refractivity contribution in [3.8, 4) is 28.5 Å². The second kappa shape index (κ2) is 10.7. The summed E-state index contributed by atoms with van der Waals surface area (Å²) < 4.78 is 9.17. The van der Waals surface area contributed by atoms with Gasteiger partial charge >= 0.3 is 0 Å². The van der Waals surface area contributed by atoms with E-state index in [-0.39, 0.29) is 11.8 Å². The van der Waals surface area contributed by atoms with E-state index in [1.54, 1.807) is 0 Å². The van der Waals surface area contributed by atoms with Gasteiger partial charge in [0.25, 0.3) is 0 Å². The fourth-order valence-electron chi connectivity index (χ4n) is 9.41. The highest BCUT2D eigenvalue weighted by atomic mass is 16.3. The van der Waals surface area contributed by atoms with Gasteiger partial charge in [0.1, 0.15) is 17.2 Å². The lowest BCUT2D eigenvalue weighted by atomic mass is 9.60. The van der Waals surface area contributed by atoms with Gasteiger partial charge in [-0.3, -0.25) is 4.57 Å². The van der Waals surface area contributed by atoms with Crippen molar-refractivity contribution in [3.63, 3.8) is 0 Å². The van der Waals surface area contributed by atoms with Crippen molar-refractivity contribution in [2.45, 2.75) is 51.4 Å². The summed E-state index contributed by atoms with van der Waals surface area (Å²) in [6.07, 6.45) is 0.825. The molecule has 6 heteroatoms. The molecule has 3 atom stereocenters. The topological polar surface area (TPSA) is 82.8 Å². The summed E-state index contributed by atoms with van der Waals surface area (Å²) >= 11 is 0. The third kappa shape index (κ3) is 3.96. The molecule has 1 aliphatic carbocycles. The van der Waals surface area contributed by atoms with Crippen molar-refractivity contribution >= 4 is 38.7 Å². The fourth-order valence-corrected chi connectivity index (χ4v) is 9.41. The Labute approximate surface area is 296 Å². The number of nitrogen functional groups attached to an aromatic ring is 1. The van der Waals surface area contributed by atoms with Crippen LogP contribution < -0.4 is 5.73 Å². The van der Waals surface area contributed by atoms with Crippen molar-refractivity contribution in [3.05, 3.63) is 149 Å². The number of allylic oxidation sites excluding steroid dienone is 2. The first kappa shape index (κ1) is 29.9. The van der Waals surface area contributed by atoms with Crippen LogP contribution in [0.1, 0.15) is 68.5 Å². The van der Waals surface area contributed by atoms with Crippen molar-refractivity contribution < 1.29 is 4.42 Å². The molecule has 0 saturated heterocycles. The molecule has 2 aliphatic rings. The van der Waals surface area contributed by atoms with Crippen LogP contribution in [0.25, 0.3) is 61.3 Å². The first-order valence-electron chi connectivity index (χ1n) is 17.9. The van der Waals surface area contributed by atoms with Crippen molar-refractivity contribution in [1.82, 2.24) is 19.5 Å². The standard InChI is InChI=1S/C45H37N5O/c1-5-33-37-25(2)28-17-9-11-22-34(28)45(33,4)44-48-42(27-15-7-6-8-16-27)47-43(49-44)32-21-13-19-29-30-20-14-24-36(40(30)51-39(29)32)50-35-23-12-10-18-31(35)38(26(37)3)41(50)46/h6-26H,5,46H2,1-4H3. The third-order valence-electron chi connectivity index (χ3n) is 11.7. The second-order valence-corrected chi connectivity index (χ2v) is 14.2. The van der Waals surface area contributed by atoms with Gasteiger partial charge in [-0.2, -0.15) is 0 Å². The third-order valence-corrected chi connectivity index (χ3v) is 11.7. The van der Waals surface area contributed by atoms with Crippen LogP contribution in [0.4, 0.5) is 5.82 Å². The van der Waals surface area contributed by atoms with E-state index in [0.717, 1.165) is 73.3 Å². The minimum absolute atomic E-state index is 0.00647. The predicted molar refractivity (Wildman–Crippen MR) is 206 cm³/mol. The minimum atomic E-state index is -0.650. The molecule has 6 nitrogen and oxygen atoms in total. The summed E-state index contributed by atoms with van der Waals surface area (Å²) in [5, 5.41) is 3.17. The quantitative estimate of drug-likeness (QED) is 0.186. The molecule has 2 N–H and O–H groups in total. The van der Waals surface area contributed by atoms with Crippen LogP contribution in [0.15, 0.2) is 131 Å². The average Bonchev–Trinajstić information content (AvgIpc) is 3.70. The van der Waals surface area contributed by atoms with Crippen LogP contribution in [0.5, 0.6) is 0 Å². The Balaban J connectivity index is 1.43. The van der Waals surface area contributed by atoms with Gasteiger partial charge in [-0.25, -0.2) is 15.0 Å². The normalized spacial score (nSPS) is 19.5. The molecule has 10 rings (SSSR count). The summed E-state index contributed by atoms with van der Waals surface area (Å²) in [5.41, 5.74) is 18.4. The Bertz CT molecular complexity index is 2750. The van der Waals surface area contributed by atoms with Gasteiger partial charge in [0.15, 0.2) is 17.2 Å². The average molecular weight is 664 g/mol. The van der Waals surface area contributed by atoms with Crippen molar-refractivity contribution in [1.29, 1.82) is 0 Å². The van der Waals surface area contributed by atoms with E-state index in [2.05, 4.69) is 129 Å². The summed E-state index contributed by atoms with van der Waals surface area (Å²) in [7, 11) is 0. The lowest BCUT2D eigenvalue weighted by Gasteiger charge is -2.43. The molecule has 3 aromatic heterocycles. The second-order valence-electron chi connectivity index (χ2n) is 14.2. The van der Waals surface area contributed by atoms with E-state index in [9.17, 15) is 0 Å². The van der Waals surface area contributed by atoms with Gasteiger partial charge in [0.05, 0.1) is 22.2 Å². The SMILES string of the molecule is CCC1=C2C(C)c3ccccc3C1(C)c1nc(-c3ccccc3)nc(n1)-c1cccc3c1oc1c(cccc13)-n1c(N)c(c3ccccc31)C2C. The van der Waals surface area contributed by atoms with Crippen LogP contribution >= 0.6 is 0 Å². The van der Waals surface area contributed by atoms with E-state index < -0.39 is 5.41 Å². The summed E-state index contributed by atoms with van der Waals surface area (Å²) in [6.45, 7) is 9.27. The zero-order valence-corrected chi connectivity index (χ0v) is 29.1. The Morgan fingerprint density at radius 1 is 0.706 bits per heavy atom. The summed E-state index contributed by atoms with van der Waals surface area (Å²) in [6, 6.07) is 40.3. The van der Waals surface area contributed by atoms with E-state index in [1.165, 1.54) is 22.3 Å².